The van der Waals surface area contributed by atoms with Crippen LogP contribution in [-0.4, -0.2) is 36.4 Å². The van der Waals surface area contributed by atoms with Gasteiger partial charge in [-0.3, -0.25) is 0 Å². The summed E-state index contributed by atoms with van der Waals surface area (Å²) in [6.45, 7) is 6.88. The number of amides is 1. The Morgan fingerprint density at radius 1 is 1.19 bits per heavy atom. The van der Waals surface area contributed by atoms with E-state index in [1.165, 1.54) is 6.20 Å². The van der Waals surface area contributed by atoms with Gasteiger partial charge in [-0.2, -0.15) is 4.39 Å². The van der Waals surface area contributed by atoms with Crippen molar-refractivity contribution in [3.63, 3.8) is 0 Å². The lowest BCUT2D eigenvalue weighted by molar-refractivity contribution is 0.0514. The number of ether oxygens (including phenoxy) is 2. The fourth-order valence-corrected chi connectivity index (χ4v) is 4.05. The standard InChI is InChI=1S/C25H34FN3O3/c1-25(2,3)32-24(30)29-15-17-7-10-20(11-8-17)28-16-19-14-18(9-12-22(19)31-4)21-6-5-13-27-23(21)26/h5-6,9,12-14,17,20,28H,7-8,10-11,15-16H2,1-4H3,(H,29,30). The van der Waals surface area contributed by atoms with Gasteiger partial charge in [0.2, 0.25) is 5.95 Å². The highest BCUT2D eigenvalue weighted by molar-refractivity contribution is 5.67. The van der Waals surface area contributed by atoms with Crippen LogP contribution in [0.15, 0.2) is 36.5 Å². The molecule has 32 heavy (non-hydrogen) atoms. The first-order chi connectivity index (χ1) is 15.2. The van der Waals surface area contributed by atoms with E-state index in [1.807, 2.05) is 39.0 Å². The lowest BCUT2D eigenvalue weighted by Gasteiger charge is -2.30. The second-order valence-electron chi connectivity index (χ2n) is 9.35. The number of nitrogens with zero attached hydrogens (tertiary/aromatic N) is 1. The molecule has 0 bridgehead atoms. The molecule has 174 valence electrons. The van der Waals surface area contributed by atoms with Gasteiger partial charge in [0, 0.05) is 36.5 Å². The lowest BCUT2D eigenvalue weighted by Crippen LogP contribution is -2.38. The van der Waals surface area contributed by atoms with Crippen molar-refractivity contribution in [1.29, 1.82) is 0 Å². The van der Waals surface area contributed by atoms with E-state index in [0.29, 0.717) is 30.6 Å². The monoisotopic (exact) mass is 443 g/mol. The molecule has 1 heterocycles. The van der Waals surface area contributed by atoms with Gasteiger partial charge in [0.15, 0.2) is 0 Å². The van der Waals surface area contributed by atoms with Gasteiger partial charge in [-0.1, -0.05) is 6.07 Å². The largest absolute Gasteiger partial charge is 0.496 e. The summed E-state index contributed by atoms with van der Waals surface area (Å²) in [5.41, 5.74) is 1.77. The molecule has 1 aromatic carbocycles. The Hall–Kier alpha value is -2.67. The first-order valence-corrected chi connectivity index (χ1v) is 11.2. The van der Waals surface area contributed by atoms with Gasteiger partial charge < -0.3 is 20.1 Å². The summed E-state index contributed by atoms with van der Waals surface area (Å²) in [7, 11) is 1.64. The molecule has 0 radical (unpaired) electrons. The number of halogens is 1. The van der Waals surface area contributed by atoms with E-state index >= 15 is 0 Å². The highest BCUT2D eigenvalue weighted by Crippen LogP contribution is 2.29. The third kappa shape index (κ3) is 6.92. The highest BCUT2D eigenvalue weighted by Gasteiger charge is 2.23. The zero-order chi connectivity index (χ0) is 23.1. The minimum Gasteiger partial charge on any atom is -0.496 e. The summed E-state index contributed by atoms with van der Waals surface area (Å²) in [6, 6.07) is 9.55. The number of rotatable bonds is 7. The predicted molar refractivity (Wildman–Crippen MR) is 123 cm³/mol. The molecule has 2 N–H and O–H groups in total. The van der Waals surface area contributed by atoms with Gasteiger partial charge in [-0.05, 0) is 82.2 Å². The molecule has 1 saturated carbocycles. The number of alkyl carbamates (subject to hydrolysis) is 1. The van der Waals surface area contributed by atoms with E-state index in [9.17, 15) is 9.18 Å². The molecular formula is C25H34FN3O3. The summed E-state index contributed by atoms with van der Waals surface area (Å²) in [6.07, 6.45) is 5.27. The minimum atomic E-state index is -0.479. The number of nitrogens with one attached hydrogen (secondary N) is 2. The topological polar surface area (TPSA) is 72.5 Å². The van der Waals surface area contributed by atoms with Gasteiger partial charge in [0.25, 0.3) is 0 Å². The average molecular weight is 444 g/mol. The molecule has 1 aromatic heterocycles. The summed E-state index contributed by atoms with van der Waals surface area (Å²) in [4.78, 5) is 15.6. The van der Waals surface area contributed by atoms with Crippen molar-refractivity contribution in [2.75, 3.05) is 13.7 Å². The van der Waals surface area contributed by atoms with Crippen molar-refractivity contribution in [1.82, 2.24) is 15.6 Å². The van der Waals surface area contributed by atoms with Crippen LogP contribution in [0.3, 0.4) is 0 Å². The Morgan fingerprint density at radius 3 is 2.59 bits per heavy atom. The number of carbonyl (C=O) groups excluding carboxylic acids is 1. The van der Waals surface area contributed by atoms with Crippen LogP contribution in [0.4, 0.5) is 9.18 Å². The molecule has 0 saturated heterocycles. The quantitative estimate of drug-likeness (QED) is 0.585. The van der Waals surface area contributed by atoms with Crippen LogP contribution in [-0.2, 0) is 11.3 Å². The fourth-order valence-electron chi connectivity index (χ4n) is 4.05. The van der Waals surface area contributed by atoms with Gasteiger partial charge >= 0.3 is 6.09 Å². The molecule has 0 unspecified atom stereocenters. The number of benzene rings is 1. The fraction of sp³-hybridized carbons (Fsp3) is 0.520. The Balaban J connectivity index is 1.51. The van der Waals surface area contributed by atoms with Crippen LogP contribution in [0.5, 0.6) is 5.75 Å². The Kier molecular flexibility index (Phi) is 8.07. The van der Waals surface area contributed by atoms with Crippen LogP contribution < -0.4 is 15.4 Å². The van der Waals surface area contributed by atoms with Crippen LogP contribution in [0.2, 0.25) is 0 Å². The minimum absolute atomic E-state index is 0.352. The molecule has 7 heteroatoms. The third-order valence-corrected chi connectivity index (χ3v) is 5.71. The average Bonchev–Trinajstić information content (AvgIpc) is 2.76. The zero-order valence-corrected chi connectivity index (χ0v) is 19.4. The smallest absolute Gasteiger partial charge is 0.407 e. The van der Waals surface area contributed by atoms with Crippen LogP contribution >= 0.6 is 0 Å². The second kappa shape index (κ2) is 10.8. The van der Waals surface area contributed by atoms with Crippen LogP contribution in [0.25, 0.3) is 11.1 Å². The molecule has 2 aromatic rings. The molecule has 0 aliphatic heterocycles. The lowest BCUT2D eigenvalue weighted by atomic mass is 9.86. The number of pyridine rings is 1. The van der Waals surface area contributed by atoms with E-state index in [4.69, 9.17) is 9.47 Å². The molecule has 1 amide bonds. The number of hydrogen-bond acceptors (Lipinski definition) is 5. The van der Waals surface area contributed by atoms with E-state index in [2.05, 4.69) is 15.6 Å². The van der Waals surface area contributed by atoms with E-state index in [-0.39, 0.29) is 6.09 Å². The van der Waals surface area contributed by atoms with Crippen molar-refractivity contribution in [2.24, 2.45) is 5.92 Å². The molecule has 6 nitrogen and oxygen atoms in total. The summed E-state index contributed by atoms with van der Waals surface area (Å²) in [5, 5.41) is 6.51. The van der Waals surface area contributed by atoms with Gasteiger partial charge in [-0.15, -0.1) is 0 Å². The van der Waals surface area contributed by atoms with Crippen LogP contribution in [0, 0.1) is 11.9 Å². The first-order valence-electron chi connectivity index (χ1n) is 11.2. The van der Waals surface area contributed by atoms with Gasteiger partial charge in [0.1, 0.15) is 11.4 Å². The molecule has 0 atom stereocenters. The Morgan fingerprint density at radius 2 is 1.94 bits per heavy atom. The van der Waals surface area contributed by atoms with E-state index in [1.54, 1.807) is 19.2 Å². The Labute approximate surface area is 189 Å². The van der Waals surface area contributed by atoms with Crippen LogP contribution in [0.1, 0.15) is 52.0 Å². The van der Waals surface area contributed by atoms with Crippen molar-refractivity contribution >= 4 is 6.09 Å². The predicted octanol–water partition coefficient (Wildman–Crippen LogP) is 5.07. The molecule has 1 aliphatic rings. The van der Waals surface area contributed by atoms with Crippen molar-refractivity contribution in [3.05, 3.63) is 48.0 Å². The molecule has 0 spiro atoms. The SMILES string of the molecule is COc1ccc(-c2cccnc2F)cc1CNC1CCC(CNC(=O)OC(C)(C)C)CC1. The summed E-state index contributed by atoms with van der Waals surface area (Å²) in [5.74, 6) is 0.766. The maximum atomic E-state index is 14.1. The van der Waals surface area contributed by atoms with Gasteiger partial charge in [-0.25, -0.2) is 9.78 Å². The van der Waals surface area contributed by atoms with Crippen molar-refractivity contribution in [2.45, 2.75) is 64.6 Å². The first kappa shape index (κ1) is 24.0. The number of carbonyl (C=O) groups is 1. The number of aromatic nitrogens is 1. The maximum Gasteiger partial charge on any atom is 0.407 e. The number of hydrogen-bond donors (Lipinski definition) is 2. The van der Waals surface area contributed by atoms with E-state index in [0.717, 1.165) is 42.6 Å². The number of methoxy groups -OCH3 is 1. The highest BCUT2D eigenvalue weighted by atomic mass is 19.1. The maximum absolute atomic E-state index is 14.1. The normalized spacial score (nSPS) is 18.8. The van der Waals surface area contributed by atoms with Gasteiger partial charge in [0.05, 0.1) is 7.11 Å². The third-order valence-electron chi connectivity index (χ3n) is 5.71. The van der Waals surface area contributed by atoms with Crippen molar-refractivity contribution in [3.8, 4) is 16.9 Å². The molecule has 3 rings (SSSR count). The second-order valence-corrected chi connectivity index (χ2v) is 9.35. The van der Waals surface area contributed by atoms with E-state index < -0.39 is 11.5 Å². The molecular weight excluding hydrogens is 409 g/mol. The molecule has 1 fully saturated rings. The van der Waals surface area contributed by atoms with Crippen molar-refractivity contribution < 1.29 is 18.7 Å². The molecule has 1 aliphatic carbocycles. The summed E-state index contributed by atoms with van der Waals surface area (Å²) < 4.78 is 24.9. The summed E-state index contributed by atoms with van der Waals surface area (Å²) >= 11 is 0. The Bertz CT molecular complexity index is 906. The zero-order valence-electron chi connectivity index (χ0n) is 19.4.